The zero-order valence-electron chi connectivity index (χ0n) is 17.1. The van der Waals surface area contributed by atoms with E-state index in [2.05, 4.69) is 15.7 Å². The molecule has 0 N–H and O–H groups in total. The Morgan fingerprint density at radius 3 is 2.45 bits per heavy atom. The van der Waals surface area contributed by atoms with Gasteiger partial charge in [0.1, 0.15) is 0 Å². The van der Waals surface area contributed by atoms with Gasteiger partial charge in [-0.3, -0.25) is 19.8 Å². The number of nitro benzene ring substituents is 1. The summed E-state index contributed by atoms with van der Waals surface area (Å²) in [6.07, 6.45) is 0.751. The molecular formula is C22H22N4O5. The van der Waals surface area contributed by atoms with E-state index in [0.717, 1.165) is 24.6 Å². The Labute approximate surface area is 179 Å². The summed E-state index contributed by atoms with van der Waals surface area (Å²) in [4.78, 5) is 39.4. The highest BCUT2D eigenvalue weighted by atomic mass is 16.6. The molecule has 2 aromatic carbocycles. The molecule has 1 aliphatic heterocycles. The number of carbonyl (C=O) groups excluding carboxylic acids is 2. The maximum atomic E-state index is 13.0. The quantitative estimate of drug-likeness (QED) is 0.413. The molecule has 9 heteroatoms. The first-order valence-corrected chi connectivity index (χ1v) is 9.79. The van der Waals surface area contributed by atoms with Crippen molar-refractivity contribution in [3.63, 3.8) is 0 Å². The molecule has 1 aliphatic rings. The molecule has 1 amide bonds. The molecule has 0 atom stereocenters. The number of esters is 1. The second-order valence-electron chi connectivity index (χ2n) is 7.25. The van der Waals surface area contributed by atoms with Crippen LogP contribution in [0.2, 0.25) is 0 Å². The molecule has 160 valence electrons. The van der Waals surface area contributed by atoms with E-state index in [1.54, 1.807) is 17.0 Å². The smallest absolute Gasteiger partial charge is 0.338 e. The fraction of sp³-hybridized carbons (Fsp3) is 0.318. The first kappa shape index (κ1) is 21.9. The number of nitrogens with zero attached hydrogens (tertiary/aromatic N) is 4. The molecule has 1 heterocycles. The molecule has 0 saturated carbocycles. The van der Waals surface area contributed by atoms with E-state index in [0.29, 0.717) is 31.7 Å². The number of hydrogen-bond donors (Lipinski definition) is 0. The summed E-state index contributed by atoms with van der Waals surface area (Å²) in [6.45, 7) is 3.12. The fourth-order valence-electron chi connectivity index (χ4n) is 3.53. The predicted octanol–water partition coefficient (Wildman–Crippen LogP) is 2.60. The number of non-ortho nitro benzene ring substituents is 1. The van der Waals surface area contributed by atoms with Gasteiger partial charge in [-0.2, -0.15) is 5.26 Å². The summed E-state index contributed by atoms with van der Waals surface area (Å²) < 4.78 is 4.65. The summed E-state index contributed by atoms with van der Waals surface area (Å²) in [7, 11) is 1.18. The largest absolute Gasteiger partial charge is 0.465 e. The number of nitro groups is 1. The van der Waals surface area contributed by atoms with Crippen LogP contribution >= 0.6 is 0 Å². The molecule has 3 rings (SSSR count). The van der Waals surface area contributed by atoms with Crippen molar-refractivity contribution in [1.82, 2.24) is 9.80 Å². The van der Waals surface area contributed by atoms with E-state index >= 15 is 0 Å². The van der Waals surface area contributed by atoms with E-state index in [9.17, 15) is 19.7 Å². The van der Waals surface area contributed by atoms with Crippen LogP contribution < -0.4 is 0 Å². The van der Waals surface area contributed by atoms with Crippen molar-refractivity contribution in [2.45, 2.75) is 13.0 Å². The lowest BCUT2D eigenvalue weighted by Crippen LogP contribution is -2.35. The third kappa shape index (κ3) is 5.43. The molecule has 0 unspecified atom stereocenters. The summed E-state index contributed by atoms with van der Waals surface area (Å²) in [6, 6.07) is 13.1. The highest BCUT2D eigenvalue weighted by Gasteiger charge is 2.24. The van der Waals surface area contributed by atoms with E-state index in [-0.39, 0.29) is 22.7 Å². The molecule has 31 heavy (non-hydrogen) atoms. The van der Waals surface area contributed by atoms with Crippen molar-refractivity contribution in [1.29, 1.82) is 5.26 Å². The fourth-order valence-corrected chi connectivity index (χ4v) is 3.53. The Morgan fingerprint density at radius 1 is 1.10 bits per heavy atom. The maximum absolute atomic E-state index is 13.0. The van der Waals surface area contributed by atoms with E-state index in [1.807, 2.05) is 12.1 Å². The minimum Gasteiger partial charge on any atom is -0.465 e. The summed E-state index contributed by atoms with van der Waals surface area (Å²) in [5.74, 6) is -1.09. The van der Waals surface area contributed by atoms with Gasteiger partial charge in [-0.15, -0.1) is 0 Å². The molecule has 0 bridgehead atoms. The molecular weight excluding hydrogens is 400 g/mol. The van der Waals surface area contributed by atoms with Gasteiger partial charge < -0.3 is 9.64 Å². The van der Waals surface area contributed by atoms with Crippen LogP contribution in [-0.4, -0.2) is 59.9 Å². The third-order valence-electron chi connectivity index (χ3n) is 5.16. The van der Waals surface area contributed by atoms with Crippen LogP contribution in [-0.2, 0) is 11.3 Å². The van der Waals surface area contributed by atoms with Crippen LogP contribution in [0.3, 0.4) is 0 Å². The van der Waals surface area contributed by atoms with Crippen LogP contribution in [0.4, 0.5) is 5.69 Å². The van der Waals surface area contributed by atoms with Gasteiger partial charge in [0.05, 0.1) is 29.2 Å². The minimum atomic E-state index is -0.734. The zero-order valence-corrected chi connectivity index (χ0v) is 17.1. The van der Waals surface area contributed by atoms with Crippen molar-refractivity contribution in [3.8, 4) is 6.07 Å². The number of amides is 1. The van der Waals surface area contributed by atoms with Crippen LogP contribution in [0.15, 0.2) is 42.5 Å². The third-order valence-corrected chi connectivity index (χ3v) is 5.16. The predicted molar refractivity (Wildman–Crippen MR) is 111 cm³/mol. The normalized spacial score (nSPS) is 14.4. The van der Waals surface area contributed by atoms with E-state index in [1.165, 1.54) is 19.2 Å². The second kappa shape index (κ2) is 9.82. The molecule has 1 saturated heterocycles. The molecule has 1 fully saturated rings. The number of hydrogen-bond acceptors (Lipinski definition) is 7. The Hall–Kier alpha value is -3.77. The Bertz CT molecular complexity index is 1030. The van der Waals surface area contributed by atoms with E-state index in [4.69, 9.17) is 5.26 Å². The zero-order chi connectivity index (χ0) is 22.4. The molecule has 0 spiro atoms. The Morgan fingerprint density at radius 2 is 1.81 bits per heavy atom. The topological polar surface area (TPSA) is 117 Å². The van der Waals surface area contributed by atoms with Gasteiger partial charge in [0.2, 0.25) is 0 Å². The van der Waals surface area contributed by atoms with Gasteiger partial charge in [-0.1, -0.05) is 12.1 Å². The van der Waals surface area contributed by atoms with Crippen molar-refractivity contribution in [2.24, 2.45) is 0 Å². The Balaban J connectivity index is 1.71. The van der Waals surface area contributed by atoms with Crippen LogP contribution in [0.25, 0.3) is 0 Å². The van der Waals surface area contributed by atoms with Gasteiger partial charge in [-0.05, 0) is 30.2 Å². The highest BCUT2D eigenvalue weighted by molar-refractivity contribution is 5.99. The lowest BCUT2D eigenvalue weighted by molar-refractivity contribution is -0.384. The molecule has 0 radical (unpaired) electrons. The van der Waals surface area contributed by atoms with Crippen LogP contribution in [0, 0.1) is 21.4 Å². The van der Waals surface area contributed by atoms with Crippen molar-refractivity contribution in [2.75, 3.05) is 33.3 Å². The van der Waals surface area contributed by atoms with E-state index < -0.39 is 10.9 Å². The maximum Gasteiger partial charge on any atom is 0.338 e. The average molecular weight is 422 g/mol. The number of methoxy groups -OCH3 is 1. The van der Waals surface area contributed by atoms with Gasteiger partial charge in [0.15, 0.2) is 0 Å². The lowest BCUT2D eigenvalue weighted by atomic mass is 10.1. The highest BCUT2D eigenvalue weighted by Crippen LogP contribution is 2.20. The summed E-state index contributed by atoms with van der Waals surface area (Å²) >= 11 is 0. The number of carbonyl (C=O) groups is 2. The molecule has 2 aromatic rings. The summed E-state index contributed by atoms with van der Waals surface area (Å²) in [5, 5.41) is 20.1. The van der Waals surface area contributed by atoms with Crippen molar-refractivity contribution >= 4 is 17.6 Å². The van der Waals surface area contributed by atoms with Gasteiger partial charge in [0.25, 0.3) is 11.6 Å². The lowest BCUT2D eigenvalue weighted by Gasteiger charge is -2.22. The molecule has 0 aliphatic carbocycles. The summed E-state index contributed by atoms with van der Waals surface area (Å²) in [5.41, 5.74) is 1.43. The van der Waals surface area contributed by atoms with Gasteiger partial charge >= 0.3 is 5.97 Å². The van der Waals surface area contributed by atoms with Gasteiger partial charge in [0, 0.05) is 50.4 Å². The number of benzene rings is 2. The Kier molecular flexibility index (Phi) is 6.95. The van der Waals surface area contributed by atoms with Crippen molar-refractivity contribution in [3.05, 3.63) is 74.8 Å². The monoisotopic (exact) mass is 422 g/mol. The number of ether oxygens (including phenoxy) is 1. The SMILES string of the molecule is COC(=O)c1cc(C(=O)N2CCCN(Cc3ccc(C#N)cc3)CC2)cc([N+](=O)[O-])c1. The number of rotatable bonds is 5. The standard InChI is InChI=1S/C22H22N4O5/c1-31-22(28)19-11-18(12-20(13-19)26(29)30)21(27)25-8-2-7-24(9-10-25)15-17-5-3-16(14-23)4-6-17/h3-6,11-13H,2,7-10,15H2,1H3. The van der Waals surface area contributed by atoms with Gasteiger partial charge in [-0.25, -0.2) is 4.79 Å². The molecule has 9 nitrogen and oxygen atoms in total. The first-order chi connectivity index (χ1) is 14.9. The minimum absolute atomic E-state index is 0.0303. The molecule has 0 aromatic heterocycles. The van der Waals surface area contributed by atoms with Crippen molar-refractivity contribution < 1.29 is 19.2 Å². The van der Waals surface area contributed by atoms with Crippen LogP contribution in [0.5, 0.6) is 0 Å². The number of nitriles is 1. The first-order valence-electron chi connectivity index (χ1n) is 9.79. The second-order valence-corrected chi connectivity index (χ2v) is 7.25. The average Bonchev–Trinajstić information content (AvgIpc) is 3.03. The van der Waals surface area contributed by atoms with Crippen LogP contribution in [0.1, 0.15) is 38.3 Å².